The van der Waals surface area contributed by atoms with Crippen LogP contribution in [0.3, 0.4) is 0 Å². The van der Waals surface area contributed by atoms with Gasteiger partial charge in [0.05, 0.1) is 7.11 Å². The van der Waals surface area contributed by atoms with Crippen LogP contribution in [0.5, 0.6) is 5.75 Å². The summed E-state index contributed by atoms with van der Waals surface area (Å²) in [6, 6.07) is 9.14. The van der Waals surface area contributed by atoms with Gasteiger partial charge in [-0.15, -0.1) is 0 Å². The fourth-order valence-corrected chi connectivity index (χ4v) is 1.62. The number of pyridine rings is 1. The molecule has 21 heavy (non-hydrogen) atoms. The van der Waals surface area contributed by atoms with Gasteiger partial charge in [-0.25, -0.2) is 14.6 Å². The summed E-state index contributed by atoms with van der Waals surface area (Å²) in [4.78, 5) is 26.3. The highest BCUT2D eigenvalue weighted by atomic mass is 16.5. The van der Waals surface area contributed by atoms with Crippen LogP contribution in [0.25, 0.3) is 0 Å². The number of aromatic carboxylic acids is 1. The van der Waals surface area contributed by atoms with Crippen molar-refractivity contribution in [3.8, 4) is 5.75 Å². The van der Waals surface area contributed by atoms with Crippen LogP contribution in [0.1, 0.15) is 10.5 Å². The molecule has 0 unspecified atom stereocenters. The number of rotatable bonds is 4. The largest absolute Gasteiger partial charge is 0.497 e. The number of methoxy groups -OCH3 is 1. The van der Waals surface area contributed by atoms with E-state index in [9.17, 15) is 9.59 Å². The Kier molecular flexibility index (Phi) is 4.35. The maximum atomic E-state index is 11.8. The van der Waals surface area contributed by atoms with Crippen LogP contribution in [0.4, 0.5) is 16.2 Å². The molecule has 1 aromatic carbocycles. The van der Waals surface area contributed by atoms with E-state index in [1.807, 2.05) is 0 Å². The molecular formula is C14H13N3O4. The molecule has 7 nitrogen and oxygen atoms in total. The van der Waals surface area contributed by atoms with Gasteiger partial charge in [-0.3, -0.25) is 0 Å². The number of hydrogen-bond acceptors (Lipinski definition) is 4. The molecule has 2 rings (SSSR count). The van der Waals surface area contributed by atoms with Crippen LogP contribution >= 0.6 is 0 Å². The standard InChI is InChI=1S/C14H13N3O4/c1-21-11-4-2-3-9(7-11)16-14(20)17-10-5-6-15-12(8-10)13(18)19/h2-8H,1H3,(H,18,19)(H2,15,16,17,20). The van der Waals surface area contributed by atoms with E-state index >= 15 is 0 Å². The van der Waals surface area contributed by atoms with E-state index in [4.69, 9.17) is 9.84 Å². The first-order valence-electron chi connectivity index (χ1n) is 6.00. The average molecular weight is 287 g/mol. The number of carbonyl (C=O) groups excluding carboxylic acids is 1. The summed E-state index contributed by atoms with van der Waals surface area (Å²) >= 11 is 0. The molecule has 0 atom stereocenters. The number of carboxylic acid groups (broad SMARTS) is 1. The lowest BCUT2D eigenvalue weighted by Gasteiger charge is -2.09. The third-order valence-electron chi connectivity index (χ3n) is 2.56. The number of anilines is 2. The Labute approximate surface area is 120 Å². The molecule has 0 radical (unpaired) electrons. The lowest BCUT2D eigenvalue weighted by Crippen LogP contribution is -2.19. The normalized spacial score (nSPS) is 9.76. The van der Waals surface area contributed by atoms with Crippen molar-refractivity contribution in [1.29, 1.82) is 0 Å². The summed E-state index contributed by atoms with van der Waals surface area (Å²) < 4.78 is 5.05. The topological polar surface area (TPSA) is 101 Å². The first-order valence-corrected chi connectivity index (χ1v) is 6.00. The molecule has 7 heteroatoms. The van der Waals surface area contributed by atoms with Gasteiger partial charge in [0, 0.05) is 23.6 Å². The molecule has 0 aliphatic rings. The Balaban J connectivity index is 2.04. The smallest absolute Gasteiger partial charge is 0.354 e. The first-order chi connectivity index (χ1) is 10.1. The molecule has 3 N–H and O–H groups in total. The molecule has 2 aromatic rings. The number of carbonyl (C=O) groups is 2. The molecule has 0 saturated carbocycles. The Hall–Kier alpha value is -3.09. The molecular weight excluding hydrogens is 274 g/mol. The minimum atomic E-state index is -1.16. The van der Waals surface area contributed by atoms with Gasteiger partial charge in [0.2, 0.25) is 0 Å². The fourth-order valence-electron chi connectivity index (χ4n) is 1.62. The number of ether oxygens (including phenoxy) is 1. The van der Waals surface area contributed by atoms with Crippen LogP contribution in [0.15, 0.2) is 42.6 Å². The number of aromatic nitrogens is 1. The lowest BCUT2D eigenvalue weighted by molar-refractivity contribution is 0.0690. The van der Waals surface area contributed by atoms with E-state index in [-0.39, 0.29) is 5.69 Å². The highest BCUT2D eigenvalue weighted by Crippen LogP contribution is 2.17. The molecule has 1 aromatic heterocycles. The number of carboxylic acids is 1. The van der Waals surface area contributed by atoms with E-state index in [0.717, 1.165) is 0 Å². The molecule has 0 fully saturated rings. The highest BCUT2D eigenvalue weighted by Gasteiger charge is 2.08. The summed E-state index contributed by atoms with van der Waals surface area (Å²) in [5.74, 6) is -0.545. The van der Waals surface area contributed by atoms with Crippen molar-refractivity contribution in [2.75, 3.05) is 17.7 Å². The van der Waals surface area contributed by atoms with Crippen molar-refractivity contribution in [2.24, 2.45) is 0 Å². The minimum absolute atomic E-state index is 0.144. The van der Waals surface area contributed by atoms with Crippen LogP contribution < -0.4 is 15.4 Å². The van der Waals surface area contributed by atoms with Gasteiger partial charge in [0.25, 0.3) is 0 Å². The first kappa shape index (κ1) is 14.3. The molecule has 0 aliphatic carbocycles. The SMILES string of the molecule is COc1cccc(NC(=O)Nc2ccnc(C(=O)O)c2)c1. The van der Waals surface area contributed by atoms with Crippen molar-refractivity contribution in [3.63, 3.8) is 0 Å². The monoisotopic (exact) mass is 287 g/mol. The second kappa shape index (κ2) is 6.38. The predicted molar refractivity (Wildman–Crippen MR) is 76.8 cm³/mol. The summed E-state index contributed by atoms with van der Waals surface area (Å²) in [5, 5.41) is 14.0. The summed E-state index contributed by atoms with van der Waals surface area (Å²) in [6.45, 7) is 0. The van der Waals surface area contributed by atoms with E-state index in [1.165, 1.54) is 25.4 Å². The highest BCUT2D eigenvalue weighted by molar-refractivity contribution is 6.00. The summed E-state index contributed by atoms with van der Waals surface area (Å²) in [6.07, 6.45) is 1.31. The Morgan fingerprint density at radius 1 is 1.14 bits per heavy atom. The van der Waals surface area contributed by atoms with Gasteiger partial charge in [-0.05, 0) is 24.3 Å². The third kappa shape index (κ3) is 3.93. The van der Waals surface area contributed by atoms with E-state index in [2.05, 4.69) is 15.6 Å². The molecule has 0 bridgehead atoms. The zero-order valence-electron chi connectivity index (χ0n) is 11.2. The second-order valence-corrected chi connectivity index (χ2v) is 4.05. The van der Waals surface area contributed by atoms with Gasteiger partial charge in [-0.2, -0.15) is 0 Å². The van der Waals surface area contributed by atoms with Crippen LogP contribution in [0.2, 0.25) is 0 Å². The lowest BCUT2D eigenvalue weighted by atomic mass is 10.3. The Bertz CT molecular complexity index is 673. The number of hydrogen-bond donors (Lipinski definition) is 3. The quantitative estimate of drug-likeness (QED) is 0.801. The molecule has 1 heterocycles. The molecule has 0 saturated heterocycles. The van der Waals surface area contributed by atoms with Crippen LogP contribution in [-0.4, -0.2) is 29.2 Å². The third-order valence-corrected chi connectivity index (χ3v) is 2.56. The summed E-state index contributed by atoms with van der Waals surface area (Å²) in [7, 11) is 1.53. The number of nitrogens with one attached hydrogen (secondary N) is 2. The van der Waals surface area contributed by atoms with Gasteiger partial charge in [-0.1, -0.05) is 6.07 Å². The fraction of sp³-hybridized carbons (Fsp3) is 0.0714. The maximum Gasteiger partial charge on any atom is 0.354 e. The molecule has 0 aliphatic heterocycles. The van der Waals surface area contributed by atoms with Crippen molar-refractivity contribution >= 4 is 23.4 Å². The van der Waals surface area contributed by atoms with Crippen molar-refractivity contribution in [3.05, 3.63) is 48.3 Å². The van der Waals surface area contributed by atoms with Gasteiger partial charge >= 0.3 is 12.0 Å². The van der Waals surface area contributed by atoms with Crippen molar-refractivity contribution < 1.29 is 19.4 Å². The van der Waals surface area contributed by atoms with Gasteiger partial charge < -0.3 is 20.5 Å². The van der Waals surface area contributed by atoms with Gasteiger partial charge in [0.1, 0.15) is 11.4 Å². The molecule has 0 spiro atoms. The second-order valence-electron chi connectivity index (χ2n) is 4.05. The van der Waals surface area contributed by atoms with E-state index < -0.39 is 12.0 Å². The summed E-state index contributed by atoms with van der Waals surface area (Å²) in [5.41, 5.74) is 0.747. The Morgan fingerprint density at radius 2 is 1.86 bits per heavy atom. The van der Waals surface area contributed by atoms with Crippen molar-refractivity contribution in [1.82, 2.24) is 4.98 Å². The number of nitrogens with zero attached hydrogens (tertiary/aromatic N) is 1. The number of urea groups is 1. The van der Waals surface area contributed by atoms with E-state index in [1.54, 1.807) is 24.3 Å². The van der Waals surface area contributed by atoms with Crippen LogP contribution in [-0.2, 0) is 0 Å². The average Bonchev–Trinajstić information content (AvgIpc) is 2.47. The Morgan fingerprint density at radius 3 is 2.52 bits per heavy atom. The molecule has 2 amide bonds. The molecule has 108 valence electrons. The predicted octanol–water partition coefficient (Wildman–Crippen LogP) is 2.43. The van der Waals surface area contributed by atoms with E-state index in [0.29, 0.717) is 17.1 Å². The maximum absolute atomic E-state index is 11.8. The minimum Gasteiger partial charge on any atom is -0.497 e. The van der Waals surface area contributed by atoms with Gasteiger partial charge in [0.15, 0.2) is 0 Å². The number of benzene rings is 1. The van der Waals surface area contributed by atoms with Crippen LogP contribution in [0, 0.1) is 0 Å². The zero-order valence-corrected chi connectivity index (χ0v) is 11.2. The van der Waals surface area contributed by atoms with Crippen molar-refractivity contribution in [2.45, 2.75) is 0 Å². The number of amides is 2. The zero-order chi connectivity index (χ0) is 15.2.